The van der Waals surface area contributed by atoms with Crippen LogP contribution in [0, 0.1) is 0 Å². The van der Waals surface area contributed by atoms with E-state index >= 15 is 0 Å². The van der Waals surface area contributed by atoms with Crippen LogP contribution in [0.4, 0.5) is 0 Å². The van der Waals surface area contributed by atoms with Gasteiger partial charge in [0, 0.05) is 12.8 Å². The van der Waals surface area contributed by atoms with Gasteiger partial charge in [-0.2, -0.15) is 0 Å². The van der Waals surface area contributed by atoms with Crippen molar-refractivity contribution in [3.63, 3.8) is 0 Å². The Morgan fingerprint density at radius 3 is 1.16 bits per heavy atom. The van der Waals surface area contributed by atoms with Gasteiger partial charge >= 0.3 is 19.8 Å². The average Bonchev–Trinajstić information content (AvgIpc) is 2.99. The minimum absolute atomic E-state index is 0.170. The number of unbranched alkanes of at least 4 members (excludes halogenated alkanes) is 18. The summed E-state index contributed by atoms with van der Waals surface area (Å²) >= 11 is 0. The first-order valence-electron chi connectivity index (χ1n) is 17.0. The largest absolute Gasteiger partial charge is 0.472 e. The van der Waals surface area contributed by atoms with Crippen LogP contribution in [0.2, 0.25) is 0 Å². The molecule has 0 heterocycles. The zero-order valence-electron chi connectivity index (χ0n) is 27.2. The molecule has 0 amide bonds. The summed E-state index contributed by atoms with van der Waals surface area (Å²) in [6.45, 7) is 1.91. The molecule has 0 rings (SSSR count). The van der Waals surface area contributed by atoms with Gasteiger partial charge in [-0.05, 0) is 12.8 Å². The lowest BCUT2D eigenvalue weighted by molar-refractivity contribution is -0.153. The smallest absolute Gasteiger partial charge is 0.457 e. The van der Waals surface area contributed by atoms with E-state index in [0.29, 0.717) is 12.8 Å². The Morgan fingerprint density at radius 1 is 0.535 bits per heavy atom. The summed E-state index contributed by atoms with van der Waals surface area (Å²) in [6.07, 6.45) is 22.3. The van der Waals surface area contributed by atoms with E-state index in [1.807, 2.05) is 6.92 Å². The molecule has 0 aliphatic carbocycles. The molecule has 0 bridgehead atoms. The predicted octanol–water partition coefficient (Wildman–Crippen LogP) is 7.55. The highest BCUT2D eigenvalue weighted by Gasteiger charge is 2.27. The molecule has 0 aliphatic heterocycles. The fraction of sp³-hybridized carbons (Fsp3) is 0.938. The van der Waals surface area contributed by atoms with Crippen molar-refractivity contribution in [2.45, 2.75) is 167 Å². The van der Waals surface area contributed by atoms with Gasteiger partial charge in [0.1, 0.15) is 12.2 Å². The SMILES string of the molecule is CCCCCCCCCCCCCCCCCCCCC(=O)OC(CO)COP(=O)(O)OCC(CO)OC(=O)CCCC. The molecule has 256 valence electrons. The second-order valence-electron chi connectivity index (χ2n) is 11.5. The van der Waals surface area contributed by atoms with Crippen molar-refractivity contribution < 1.29 is 47.8 Å². The number of hydrogen-bond donors (Lipinski definition) is 3. The van der Waals surface area contributed by atoms with Crippen LogP contribution in [-0.2, 0) is 32.7 Å². The van der Waals surface area contributed by atoms with Crippen LogP contribution in [0.3, 0.4) is 0 Å². The molecule has 10 nitrogen and oxygen atoms in total. The fourth-order valence-electron chi connectivity index (χ4n) is 4.62. The van der Waals surface area contributed by atoms with E-state index in [0.717, 1.165) is 25.7 Å². The van der Waals surface area contributed by atoms with Crippen LogP contribution >= 0.6 is 7.82 Å². The first-order chi connectivity index (χ1) is 20.8. The topological polar surface area (TPSA) is 149 Å². The highest BCUT2D eigenvalue weighted by Crippen LogP contribution is 2.43. The van der Waals surface area contributed by atoms with Crippen molar-refractivity contribution in [1.29, 1.82) is 0 Å². The van der Waals surface area contributed by atoms with Crippen LogP contribution in [0.25, 0.3) is 0 Å². The van der Waals surface area contributed by atoms with E-state index in [-0.39, 0.29) is 12.8 Å². The van der Waals surface area contributed by atoms with Crippen molar-refractivity contribution in [3.05, 3.63) is 0 Å². The van der Waals surface area contributed by atoms with Gasteiger partial charge in [-0.1, -0.05) is 129 Å². The van der Waals surface area contributed by atoms with Gasteiger partial charge in [-0.25, -0.2) is 4.57 Å². The quantitative estimate of drug-likeness (QED) is 0.0383. The lowest BCUT2D eigenvalue weighted by atomic mass is 10.0. The maximum atomic E-state index is 12.1. The third kappa shape index (κ3) is 28.2. The monoisotopic (exact) mass is 638 g/mol. The lowest BCUT2D eigenvalue weighted by Crippen LogP contribution is -2.28. The number of phosphoric ester groups is 1. The summed E-state index contributed by atoms with van der Waals surface area (Å²) in [4.78, 5) is 33.6. The molecule has 0 spiro atoms. The molecule has 0 fully saturated rings. The molecular formula is C32H63O10P. The maximum Gasteiger partial charge on any atom is 0.472 e. The molecule has 0 aromatic carbocycles. The average molecular weight is 639 g/mol. The molecule has 11 heteroatoms. The summed E-state index contributed by atoms with van der Waals surface area (Å²) in [6, 6.07) is 0. The third-order valence-electron chi connectivity index (χ3n) is 7.32. The Hall–Kier alpha value is -1.03. The summed E-state index contributed by atoms with van der Waals surface area (Å²) in [5.74, 6) is -1.05. The van der Waals surface area contributed by atoms with Crippen molar-refractivity contribution >= 4 is 19.8 Å². The van der Waals surface area contributed by atoms with Crippen molar-refractivity contribution in [3.8, 4) is 0 Å². The summed E-state index contributed by atoms with van der Waals surface area (Å²) in [5, 5.41) is 18.8. The van der Waals surface area contributed by atoms with E-state index in [1.54, 1.807) is 0 Å². The standard InChI is InChI=1S/C32H63O10P/c1-3-5-7-8-9-10-11-12-13-14-15-16-17-18-19-20-21-22-24-32(36)42-30(26-34)28-40-43(37,38)39-27-29(25-33)41-31(35)23-6-4-2/h29-30,33-34H,3-28H2,1-2H3,(H,37,38). The second kappa shape index (κ2) is 29.7. The number of carbonyl (C=O) groups is 2. The van der Waals surface area contributed by atoms with Gasteiger partial charge < -0.3 is 24.6 Å². The molecule has 0 aliphatic rings. The van der Waals surface area contributed by atoms with Gasteiger partial charge in [0.25, 0.3) is 0 Å². The molecule has 3 atom stereocenters. The Labute approximate surface area is 261 Å². The number of esters is 2. The zero-order valence-corrected chi connectivity index (χ0v) is 28.1. The van der Waals surface area contributed by atoms with Crippen molar-refractivity contribution in [1.82, 2.24) is 0 Å². The Balaban J connectivity index is 3.80. The Bertz CT molecular complexity index is 706. The molecule has 3 unspecified atom stereocenters. The molecule has 3 N–H and O–H groups in total. The number of aliphatic hydroxyl groups is 2. The van der Waals surface area contributed by atoms with Gasteiger partial charge in [0.15, 0.2) is 0 Å². The number of carbonyl (C=O) groups excluding carboxylic acids is 2. The fourth-order valence-corrected chi connectivity index (χ4v) is 5.41. The molecule has 0 aromatic heterocycles. The third-order valence-corrected chi connectivity index (χ3v) is 8.27. The van der Waals surface area contributed by atoms with Gasteiger partial charge in [0.05, 0.1) is 26.4 Å². The number of hydrogen-bond acceptors (Lipinski definition) is 9. The summed E-state index contributed by atoms with van der Waals surface area (Å²) in [7, 11) is -4.60. The molecular weight excluding hydrogens is 575 g/mol. The number of phosphoric acid groups is 1. The van der Waals surface area contributed by atoms with Crippen LogP contribution in [0.15, 0.2) is 0 Å². The maximum absolute atomic E-state index is 12.1. The second-order valence-corrected chi connectivity index (χ2v) is 13.0. The van der Waals surface area contributed by atoms with Crippen molar-refractivity contribution in [2.24, 2.45) is 0 Å². The first kappa shape index (κ1) is 42.0. The highest BCUT2D eigenvalue weighted by molar-refractivity contribution is 7.47. The Morgan fingerprint density at radius 2 is 0.837 bits per heavy atom. The molecule has 0 aromatic rings. The highest BCUT2D eigenvalue weighted by atomic mass is 31.2. The van der Waals surface area contributed by atoms with E-state index in [9.17, 15) is 29.3 Å². The van der Waals surface area contributed by atoms with E-state index in [4.69, 9.17) is 18.5 Å². The molecule has 43 heavy (non-hydrogen) atoms. The van der Waals surface area contributed by atoms with E-state index in [2.05, 4.69) is 6.92 Å². The molecule has 0 saturated carbocycles. The van der Waals surface area contributed by atoms with E-state index < -0.39 is 58.4 Å². The van der Waals surface area contributed by atoms with Crippen LogP contribution in [0.5, 0.6) is 0 Å². The zero-order chi connectivity index (χ0) is 32.0. The summed E-state index contributed by atoms with van der Waals surface area (Å²) < 4.78 is 31.9. The minimum atomic E-state index is -4.60. The molecule has 0 saturated heterocycles. The van der Waals surface area contributed by atoms with Crippen LogP contribution in [-0.4, -0.2) is 65.7 Å². The lowest BCUT2D eigenvalue weighted by Gasteiger charge is -2.20. The van der Waals surface area contributed by atoms with Gasteiger partial charge in [-0.15, -0.1) is 0 Å². The van der Waals surface area contributed by atoms with E-state index in [1.165, 1.54) is 89.9 Å². The Kier molecular flexibility index (Phi) is 29.0. The summed E-state index contributed by atoms with van der Waals surface area (Å²) in [5.41, 5.74) is 0. The molecule has 0 radical (unpaired) electrons. The van der Waals surface area contributed by atoms with Crippen LogP contribution in [0.1, 0.15) is 155 Å². The van der Waals surface area contributed by atoms with Gasteiger partial charge in [0.2, 0.25) is 0 Å². The number of aliphatic hydroxyl groups excluding tert-OH is 2. The predicted molar refractivity (Wildman–Crippen MR) is 169 cm³/mol. The number of ether oxygens (including phenoxy) is 2. The number of rotatable bonds is 32. The van der Waals surface area contributed by atoms with Gasteiger partial charge in [-0.3, -0.25) is 18.6 Å². The normalized spacial score (nSPS) is 14.3. The van der Waals surface area contributed by atoms with Crippen molar-refractivity contribution in [2.75, 3.05) is 26.4 Å². The minimum Gasteiger partial charge on any atom is -0.457 e. The first-order valence-corrected chi connectivity index (χ1v) is 18.5. The van der Waals surface area contributed by atoms with Crippen LogP contribution < -0.4 is 0 Å².